The molecule has 2 heteroatoms. The van der Waals surface area contributed by atoms with E-state index in [-0.39, 0.29) is 17.3 Å². The van der Waals surface area contributed by atoms with Gasteiger partial charge in [0.15, 0.2) is 0 Å². The Bertz CT molecular complexity index is 312. The lowest BCUT2D eigenvalue weighted by molar-refractivity contribution is -0.185. The Hall–Kier alpha value is -0.0800. The summed E-state index contributed by atoms with van der Waals surface area (Å²) in [5.74, 6) is 0.700. The number of aliphatic hydroxyl groups excluding tert-OH is 1. The van der Waals surface area contributed by atoms with Crippen molar-refractivity contribution in [3.05, 3.63) is 0 Å². The summed E-state index contributed by atoms with van der Waals surface area (Å²) in [6, 6.07) is 0. The lowest BCUT2D eigenvalue weighted by Crippen LogP contribution is -2.53. The minimum absolute atomic E-state index is 0.0168. The number of fused-ring (bicyclic) bond motifs is 1. The molecular formula is C14H24O2. The Labute approximate surface area is 98.4 Å². The van der Waals surface area contributed by atoms with Crippen molar-refractivity contribution in [1.82, 2.24) is 0 Å². The van der Waals surface area contributed by atoms with Gasteiger partial charge in [-0.1, -0.05) is 6.92 Å². The summed E-state index contributed by atoms with van der Waals surface area (Å²) in [7, 11) is 0. The molecule has 0 amide bonds. The summed E-state index contributed by atoms with van der Waals surface area (Å²) >= 11 is 0. The molecule has 92 valence electrons. The lowest BCUT2D eigenvalue weighted by atomic mass is 9.55. The van der Waals surface area contributed by atoms with Crippen molar-refractivity contribution in [2.24, 2.45) is 11.3 Å². The fourth-order valence-electron chi connectivity index (χ4n) is 4.50. The summed E-state index contributed by atoms with van der Waals surface area (Å²) in [5, 5.41) is 9.97. The molecule has 3 aliphatic rings. The minimum Gasteiger partial charge on any atom is -0.393 e. The summed E-state index contributed by atoms with van der Waals surface area (Å²) < 4.78 is 6.48. The SMILES string of the molecule is CC1(C)OC23CC(O)CCC2(C)CCC1C3. The van der Waals surface area contributed by atoms with Gasteiger partial charge in [0.25, 0.3) is 0 Å². The van der Waals surface area contributed by atoms with E-state index in [1.165, 1.54) is 19.3 Å². The Morgan fingerprint density at radius 1 is 1.06 bits per heavy atom. The van der Waals surface area contributed by atoms with Crippen LogP contribution in [0.25, 0.3) is 0 Å². The Morgan fingerprint density at radius 2 is 1.75 bits per heavy atom. The molecule has 0 radical (unpaired) electrons. The number of rotatable bonds is 0. The molecule has 2 saturated carbocycles. The number of ether oxygens (including phenoxy) is 1. The monoisotopic (exact) mass is 224 g/mol. The standard InChI is InChI=1S/C14H24O2/c1-12(2)10-4-6-13(3)7-5-11(15)9-14(13,8-10)16-12/h10-11,15H,4-9H2,1-3H3. The zero-order chi connectivity index (χ0) is 11.6. The third kappa shape index (κ3) is 1.26. The van der Waals surface area contributed by atoms with Gasteiger partial charge in [-0.2, -0.15) is 0 Å². The van der Waals surface area contributed by atoms with Crippen LogP contribution in [0.3, 0.4) is 0 Å². The van der Waals surface area contributed by atoms with Crippen LogP contribution < -0.4 is 0 Å². The molecule has 3 rings (SSSR count). The molecule has 1 saturated heterocycles. The lowest BCUT2D eigenvalue weighted by Gasteiger charge is -2.53. The molecule has 2 bridgehead atoms. The zero-order valence-electron chi connectivity index (χ0n) is 10.8. The van der Waals surface area contributed by atoms with Gasteiger partial charge in [0, 0.05) is 6.42 Å². The fourth-order valence-corrected chi connectivity index (χ4v) is 4.50. The molecule has 3 fully saturated rings. The molecule has 4 unspecified atom stereocenters. The van der Waals surface area contributed by atoms with Crippen molar-refractivity contribution in [1.29, 1.82) is 0 Å². The quantitative estimate of drug-likeness (QED) is 0.685. The first kappa shape index (κ1) is 11.0. The van der Waals surface area contributed by atoms with Crippen LogP contribution in [-0.4, -0.2) is 22.4 Å². The van der Waals surface area contributed by atoms with Crippen molar-refractivity contribution in [2.75, 3.05) is 0 Å². The van der Waals surface area contributed by atoms with Crippen molar-refractivity contribution in [2.45, 2.75) is 76.6 Å². The first-order valence-corrected chi connectivity index (χ1v) is 6.75. The van der Waals surface area contributed by atoms with Crippen molar-refractivity contribution < 1.29 is 9.84 Å². The van der Waals surface area contributed by atoms with Crippen LogP contribution in [0.1, 0.15) is 59.3 Å². The number of hydrogen-bond acceptors (Lipinski definition) is 2. The summed E-state index contributed by atoms with van der Waals surface area (Å²) in [6.07, 6.45) is 6.59. The highest BCUT2D eigenvalue weighted by molar-refractivity contribution is 5.13. The van der Waals surface area contributed by atoms with Gasteiger partial charge in [-0.25, -0.2) is 0 Å². The number of aliphatic hydroxyl groups is 1. The van der Waals surface area contributed by atoms with E-state index in [1.54, 1.807) is 0 Å². The van der Waals surface area contributed by atoms with Crippen LogP contribution in [0.2, 0.25) is 0 Å². The van der Waals surface area contributed by atoms with E-state index in [2.05, 4.69) is 20.8 Å². The summed E-state index contributed by atoms with van der Waals surface area (Å²) in [6.45, 7) is 6.86. The van der Waals surface area contributed by atoms with Gasteiger partial charge in [-0.3, -0.25) is 0 Å². The highest BCUT2D eigenvalue weighted by atomic mass is 16.5. The predicted molar refractivity (Wildman–Crippen MR) is 63.2 cm³/mol. The first-order valence-electron chi connectivity index (χ1n) is 6.75. The van der Waals surface area contributed by atoms with Gasteiger partial charge in [-0.15, -0.1) is 0 Å². The maximum absolute atomic E-state index is 9.97. The van der Waals surface area contributed by atoms with Crippen LogP contribution in [0, 0.1) is 11.3 Å². The van der Waals surface area contributed by atoms with E-state index in [4.69, 9.17) is 4.74 Å². The first-order chi connectivity index (χ1) is 7.37. The molecule has 0 aromatic heterocycles. The van der Waals surface area contributed by atoms with Crippen LogP contribution in [-0.2, 0) is 4.74 Å². The normalized spacial score (nSPS) is 54.8. The van der Waals surface area contributed by atoms with Crippen LogP contribution in [0.5, 0.6) is 0 Å². The van der Waals surface area contributed by atoms with Crippen LogP contribution in [0.4, 0.5) is 0 Å². The van der Waals surface area contributed by atoms with E-state index < -0.39 is 0 Å². The molecule has 16 heavy (non-hydrogen) atoms. The molecule has 1 spiro atoms. The Kier molecular flexibility index (Phi) is 2.09. The molecular weight excluding hydrogens is 200 g/mol. The maximum atomic E-state index is 9.97. The number of hydrogen-bond donors (Lipinski definition) is 1. The highest BCUT2D eigenvalue weighted by Gasteiger charge is 2.63. The smallest absolute Gasteiger partial charge is 0.0771 e. The largest absolute Gasteiger partial charge is 0.393 e. The van der Waals surface area contributed by atoms with Gasteiger partial charge < -0.3 is 9.84 Å². The second-order valence-electron chi connectivity index (χ2n) is 7.10. The van der Waals surface area contributed by atoms with Gasteiger partial charge in [0.05, 0.1) is 17.3 Å². The van der Waals surface area contributed by atoms with Gasteiger partial charge in [-0.05, 0) is 57.3 Å². The molecule has 1 N–H and O–H groups in total. The molecule has 1 heterocycles. The van der Waals surface area contributed by atoms with Gasteiger partial charge in [0.1, 0.15) is 0 Å². The third-order valence-electron chi connectivity index (χ3n) is 5.76. The average Bonchev–Trinajstić information content (AvgIpc) is 2.39. The van der Waals surface area contributed by atoms with E-state index in [0.717, 1.165) is 19.3 Å². The minimum atomic E-state index is -0.138. The molecule has 2 nitrogen and oxygen atoms in total. The second kappa shape index (κ2) is 3.02. The highest BCUT2D eigenvalue weighted by Crippen LogP contribution is 2.63. The van der Waals surface area contributed by atoms with E-state index in [1.807, 2.05) is 0 Å². The van der Waals surface area contributed by atoms with Gasteiger partial charge >= 0.3 is 0 Å². The summed E-state index contributed by atoms with van der Waals surface area (Å²) in [4.78, 5) is 0. The van der Waals surface area contributed by atoms with Gasteiger partial charge in [0.2, 0.25) is 0 Å². The van der Waals surface area contributed by atoms with Crippen LogP contribution in [0.15, 0.2) is 0 Å². The predicted octanol–water partition coefficient (Wildman–Crippen LogP) is 2.89. The topological polar surface area (TPSA) is 29.5 Å². The molecule has 0 aromatic rings. The zero-order valence-corrected chi connectivity index (χ0v) is 10.8. The molecule has 4 atom stereocenters. The molecule has 2 aliphatic carbocycles. The average molecular weight is 224 g/mol. The second-order valence-corrected chi connectivity index (χ2v) is 7.10. The van der Waals surface area contributed by atoms with Crippen LogP contribution >= 0.6 is 0 Å². The van der Waals surface area contributed by atoms with E-state index in [0.29, 0.717) is 11.3 Å². The Balaban J connectivity index is 1.99. The Morgan fingerprint density at radius 3 is 2.50 bits per heavy atom. The van der Waals surface area contributed by atoms with Crippen molar-refractivity contribution >= 4 is 0 Å². The van der Waals surface area contributed by atoms with Crippen molar-refractivity contribution in [3.63, 3.8) is 0 Å². The summed E-state index contributed by atoms with van der Waals surface area (Å²) in [5.41, 5.74) is 0.322. The van der Waals surface area contributed by atoms with E-state index in [9.17, 15) is 5.11 Å². The van der Waals surface area contributed by atoms with Crippen molar-refractivity contribution in [3.8, 4) is 0 Å². The maximum Gasteiger partial charge on any atom is 0.0771 e. The fraction of sp³-hybridized carbons (Fsp3) is 1.00. The third-order valence-corrected chi connectivity index (χ3v) is 5.76. The molecule has 0 aromatic carbocycles. The molecule has 1 aliphatic heterocycles. The van der Waals surface area contributed by atoms with E-state index >= 15 is 0 Å².